The molecule has 168 valence electrons. The first kappa shape index (κ1) is 21.4. The van der Waals surface area contributed by atoms with Gasteiger partial charge in [0.15, 0.2) is 0 Å². The van der Waals surface area contributed by atoms with Crippen molar-refractivity contribution in [2.45, 2.75) is 0 Å². The second kappa shape index (κ2) is 8.90. The summed E-state index contributed by atoms with van der Waals surface area (Å²) in [6, 6.07) is 36.0. The van der Waals surface area contributed by atoms with Crippen molar-refractivity contribution in [1.29, 1.82) is 0 Å². The smallest absolute Gasteiger partial charge is 0.263 e. The highest BCUT2D eigenvalue weighted by Gasteiger charge is 2.31. The summed E-state index contributed by atoms with van der Waals surface area (Å²) in [6.45, 7) is 0. The van der Waals surface area contributed by atoms with Crippen molar-refractivity contribution >= 4 is 50.1 Å². The van der Waals surface area contributed by atoms with E-state index in [0.717, 1.165) is 43.5 Å². The fraction of sp³-hybridized carbons (Fsp3) is 0. The summed E-state index contributed by atoms with van der Waals surface area (Å²) in [6.07, 6.45) is 3.76. The first-order chi connectivity index (χ1) is 17.2. The van der Waals surface area contributed by atoms with Gasteiger partial charge in [0.1, 0.15) is 11.5 Å². The predicted molar refractivity (Wildman–Crippen MR) is 146 cm³/mol. The molecule has 4 aromatic carbocycles. The summed E-state index contributed by atoms with van der Waals surface area (Å²) in [4.78, 5) is 15.6. The van der Waals surface area contributed by atoms with Crippen molar-refractivity contribution in [3.8, 4) is 11.3 Å². The van der Waals surface area contributed by atoms with Gasteiger partial charge in [-0.2, -0.15) is 0 Å². The van der Waals surface area contributed by atoms with Crippen molar-refractivity contribution in [2.75, 3.05) is 4.90 Å². The topological polar surface area (TPSA) is 33.5 Å². The molecule has 0 fully saturated rings. The highest BCUT2D eigenvalue weighted by Crippen LogP contribution is 2.39. The molecule has 0 atom stereocenters. The molecule has 4 heteroatoms. The monoisotopic (exact) mass is 517 g/mol. The van der Waals surface area contributed by atoms with Gasteiger partial charge in [-0.3, -0.25) is 9.69 Å². The van der Waals surface area contributed by atoms with Gasteiger partial charge < -0.3 is 4.42 Å². The summed E-state index contributed by atoms with van der Waals surface area (Å²) in [5.74, 6) is 1.31. The fourth-order valence-corrected chi connectivity index (χ4v) is 4.70. The van der Waals surface area contributed by atoms with Crippen molar-refractivity contribution < 1.29 is 9.21 Å². The van der Waals surface area contributed by atoms with E-state index in [2.05, 4.69) is 34.1 Å². The van der Waals surface area contributed by atoms with Gasteiger partial charge >= 0.3 is 0 Å². The highest BCUT2D eigenvalue weighted by atomic mass is 79.9. The number of hydrogen-bond donors (Lipinski definition) is 0. The van der Waals surface area contributed by atoms with Crippen LogP contribution in [0.15, 0.2) is 130 Å². The molecule has 1 aliphatic rings. The van der Waals surface area contributed by atoms with E-state index in [-0.39, 0.29) is 5.91 Å². The normalized spacial score (nSPS) is 14.7. The Morgan fingerprint density at radius 3 is 2.29 bits per heavy atom. The van der Waals surface area contributed by atoms with E-state index in [9.17, 15) is 4.79 Å². The third-order valence-corrected chi connectivity index (χ3v) is 6.64. The van der Waals surface area contributed by atoms with E-state index in [1.165, 1.54) is 0 Å². The zero-order valence-electron chi connectivity index (χ0n) is 18.7. The molecule has 2 heterocycles. The van der Waals surface area contributed by atoms with Gasteiger partial charge in [0.25, 0.3) is 5.91 Å². The molecule has 0 aliphatic carbocycles. The van der Waals surface area contributed by atoms with Gasteiger partial charge in [0, 0.05) is 21.0 Å². The molecule has 0 radical (unpaired) electrons. The highest BCUT2D eigenvalue weighted by molar-refractivity contribution is 9.10. The average Bonchev–Trinajstić information content (AvgIpc) is 3.49. The lowest BCUT2D eigenvalue weighted by Gasteiger charge is -2.22. The second-order valence-electron chi connectivity index (χ2n) is 8.34. The zero-order chi connectivity index (χ0) is 23.8. The molecule has 0 N–H and O–H groups in total. The van der Waals surface area contributed by atoms with Crippen molar-refractivity contribution in [3.63, 3.8) is 0 Å². The van der Waals surface area contributed by atoms with E-state index in [0.29, 0.717) is 11.3 Å². The molecule has 1 aromatic heterocycles. The van der Waals surface area contributed by atoms with E-state index in [4.69, 9.17) is 4.42 Å². The maximum absolute atomic E-state index is 13.8. The van der Waals surface area contributed by atoms with Gasteiger partial charge in [0.2, 0.25) is 0 Å². The molecule has 1 amide bonds. The lowest BCUT2D eigenvalue weighted by atomic mass is 10.1. The molecule has 1 aliphatic heterocycles. The van der Waals surface area contributed by atoms with Crippen LogP contribution in [0.5, 0.6) is 0 Å². The molecule has 0 spiro atoms. The Bertz CT molecular complexity index is 1610. The summed E-state index contributed by atoms with van der Waals surface area (Å²) in [5, 5.41) is 2.12. The molecule has 3 nitrogen and oxygen atoms in total. The maximum Gasteiger partial charge on any atom is 0.263 e. The molecule has 5 aromatic rings. The van der Waals surface area contributed by atoms with Crippen LogP contribution in [0.1, 0.15) is 11.3 Å². The lowest BCUT2D eigenvalue weighted by molar-refractivity contribution is -0.113. The Labute approximate surface area is 211 Å². The molecule has 6 rings (SSSR count). The van der Waals surface area contributed by atoms with E-state index >= 15 is 0 Å². The average molecular weight is 518 g/mol. The summed E-state index contributed by atoms with van der Waals surface area (Å²) in [5.41, 5.74) is 4.24. The number of furan rings is 1. The molecule has 0 unspecified atom stereocenters. The van der Waals surface area contributed by atoms with Gasteiger partial charge in [-0.25, -0.2) is 0 Å². The molecule has 0 bridgehead atoms. The summed E-state index contributed by atoms with van der Waals surface area (Å²) >= 11 is 3.46. The molecule has 0 saturated heterocycles. The number of fused-ring (bicyclic) bond motifs is 1. The van der Waals surface area contributed by atoms with Gasteiger partial charge in [-0.1, -0.05) is 94.8 Å². The quantitative estimate of drug-likeness (QED) is 0.224. The van der Waals surface area contributed by atoms with Crippen LogP contribution >= 0.6 is 15.9 Å². The SMILES string of the molecule is O=C1C(=Cc2ccc(-c3ccc(Br)cc3)o2)C=C(c2ccccc2)N1c1cccc2ccccc12. The minimum atomic E-state index is -0.0817. The number of carbonyl (C=O) groups excluding carboxylic acids is 1. The number of halogens is 1. The summed E-state index contributed by atoms with van der Waals surface area (Å²) < 4.78 is 7.09. The Hall–Kier alpha value is -4.15. The van der Waals surface area contributed by atoms with Crippen LogP contribution in [0.3, 0.4) is 0 Å². The Balaban J connectivity index is 1.44. The second-order valence-corrected chi connectivity index (χ2v) is 9.26. The van der Waals surface area contributed by atoms with Crippen molar-refractivity contribution in [1.82, 2.24) is 0 Å². The van der Waals surface area contributed by atoms with E-state index in [1.54, 1.807) is 0 Å². The summed E-state index contributed by atoms with van der Waals surface area (Å²) in [7, 11) is 0. The number of hydrogen-bond acceptors (Lipinski definition) is 2. The number of carbonyl (C=O) groups is 1. The van der Waals surface area contributed by atoms with Crippen LogP contribution in [0, 0.1) is 0 Å². The standard InChI is InChI=1S/C31H20BrNO2/c32-25-15-13-23(14-16-25)30-18-17-26(35-30)19-24-20-29(22-8-2-1-3-9-22)33(31(24)34)28-12-6-10-21-7-4-5-11-27(21)28/h1-20H. The Morgan fingerprint density at radius 1 is 0.714 bits per heavy atom. The van der Waals surface area contributed by atoms with Crippen LogP contribution in [-0.2, 0) is 4.79 Å². The first-order valence-electron chi connectivity index (χ1n) is 11.3. The van der Waals surface area contributed by atoms with Crippen LogP contribution in [0.2, 0.25) is 0 Å². The number of benzene rings is 4. The van der Waals surface area contributed by atoms with Crippen LogP contribution in [-0.4, -0.2) is 5.91 Å². The minimum absolute atomic E-state index is 0.0817. The molecular weight excluding hydrogens is 498 g/mol. The minimum Gasteiger partial charge on any atom is -0.457 e. The van der Waals surface area contributed by atoms with E-state index < -0.39 is 0 Å². The van der Waals surface area contributed by atoms with Gasteiger partial charge in [-0.15, -0.1) is 0 Å². The maximum atomic E-state index is 13.8. The van der Waals surface area contributed by atoms with Gasteiger partial charge in [-0.05, 0) is 53.4 Å². The number of anilines is 1. The number of nitrogens with zero attached hydrogens (tertiary/aromatic N) is 1. The molecule has 0 saturated carbocycles. The van der Waals surface area contributed by atoms with Crippen LogP contribution < -0.4 is 4.90 Å². The first-order valence-corrected chi connectivity index (χ1v) is 12.1. The number of rotatable bonds is 4. The lowest BCUT2D eigenvalue weighted by Crippen LogP contribution is -2.25. The largest absolute Gasteiger partial charge is 0.457 e. The van der Waals surface area contributed by atoms with Crippen molar-refractivity contribution in [3.05, 3.63) is 137 Å². The van der Waals surface area contributed by atoms with Crippen molar-refractivity contribution in [2.24, 2.45) is 0 Å². The third kappa shape index (κ3) is 4.02. The van der Waals surface area contributed by atoms with Gasteiger partial charge in [0.05, 0.1) is 11.4 Å². The fourth-order valence-electron chi connectivity index (χ4n) is 4.43. The van der Waals surface area contributed by atoms with Crippen LogP contribution in [0.4, 0.5) is 5.69 Å². The predicted octanol–water partition coefficient (Wildman–Crippen LogP) is 8.33. The van der Waals surface area contributed by atoms with Crippen LogP contribution in [0.25, 0.3) is 33.9 Å². The third-order valence-electron chi connectivity index (χ3n) is 6.11. The van der Waals surface area contributed by atoms with E-state index in [1.807, 2.05) is 108 Å². The zero-order valence-corrected chi connectivity index (χ0v) is 20.3. The Morgan fingerprint density at radius 2 is 1.46 bits per heavy atom. The molecule has 35 heavy (non-hydrogen) atoms. The number of amides is 1. The Kier molecular flexibility index (Phi) is 5.44. The molecular formula is C31H20BrNO2.